The summed E-state index contributed by atoms with van der Waals surface area (Å²) in [5.74, 6) is 0.597. The number of nitrogen functional groups attached to an aromatic ring is 2. The number of amides is 1. The Morgan fingerprint density at radius 1 is 0.604 bits per heavy atom. The Bertz CT molecular complexity index is 1270. The summed E-state index contributed by atoms with van der Waals surface area (Å²) in [6.45, 7) is 22.4. The molecule has 2 fully saturated rings. The summed E-state index contributed by atoms with van der Waals surface area (Å²) < 4.78 is 19.2. The van der Waals surface area contributed by atoms with E-state index in [0.717, 1.165) is 50.6 Å². The van der Waals surface area contributed by atoms with Crippen LogP contribution < -0.4 is 26.6 Å². The molecule has 0 saturated carbocycles. The van der Waals surface area contributed by atoms with Crippen molar-refractivity contribution >= 4 is 41.7 Å². The smallest absolute Gasteiger partial charge is 0.444 e. The SMILES string of the molecule is CC(C)(C)OC(=O)N1CCN(c2cnc(N)nc2)CC1.CC(C)(C)OC(=O)OC(=O)OC(C)(C)C.Nc1ncc(N2CCNCC2)cn1. The maximum absolute atomic E-state index is 11.9. The number of hydrogen-bond acceptors (Lipinski definition) is 16. The van der Waals surface area contributed by atoms with Gasteiger partial charge in [-0.3, -0.25) is 0 Å². The van der Waals surface area contributed by atoms with E-state index in [0.29, 0.717) is 19.0 Å². The number of carbonyl (C=O) groups is 3. The first kappa shape index (κ1) is 39.5. The molecule has 17 nitrogen and oxygen atoms in total. The third-order valence-electron chi connectivity index (χ3n) is 6.04. The van der Waals surface area contributed by atoms with Crippen molar-refractivity contribution in [3.63, 3.8) is 0 Å². The summed E-state index contributed by atoms with van der Waals surface area (Å²) in [5.41, 5.74) is 11.0. The average Bonchev–Trinajstić information content (AvgIpc) is 2.96. The molecule has 0 aromatic carbocycles. The fourth-order valence-corrected chi connectivity index (χ4v) is 4.00. The second-order valence-corrected chi connectivity index (χ2v) is 13.8. The van der Waals surface area contributed by atoms with E-state index in [1.165, 1.54) is 0 Å². The number of carbonyl (C=O) groups excluding carboxylic acids is 3. The van der Waals surface area contributed by atoms with Crippen LogP contribution >= 0.6 is 0 Å². The van der Waals surface area contributed by atoms with Gasteiger partial charge in [-0.1, -0.05) is 0 Å². The van der Waals surface area contributed by atoms with Crippen molar-refractivity contribution in [3.8, 4) is 0 Å². The summed E-state index contributed by atoms with van der Waals surface area (Å²) in [4.78, 5) is 55.9. The molecule has 2 saturated heterocycles. The second-order valence-electron chi connectivity index (χ2n) is 13.8. The van der Waals surface area contributed by atoms with Gasteiger partial charge in [-0.05, 0) is 62.3 Å². The fourth-order valence-electron chi connectivity index (χ4n) is 4.00. The lowest BCUT2D eigenvalue weighted by atomic mass is 10.2. The van der Waals surface area contributed by atoms with Crippen molar-refractivity contribution in [2.45, 2.75) is 79.1 Å². The molecule has 5 N–H and O–H groups in total. The van der Waals surface area contributed by atoms with Crippen molar-refractivity contribution in [2.24, 2.45) is 0 Å². The van der Waals surface area contributed by atoms with Crippen molar-refractivity contribution in [2.75, 3.05) is 73.6 Å². The number of aromatic nitrogens is 4. The summed E-state index contributed by atoms with van der Waals surface area (Å²) in [5, 5.41) is 3.29. The average molecular weight is 677 g/mol. The maximum Gasteiger partial charge on any atom is 0.519 e. The van der Waals surface area contributed by atoms with Gasteiger partial charge in [0.25, 0.3) is 0 Å². The standard InChI is InChI=1S/C13H21N5O2.C10H18O5.C8H13N5/c1-13(2,3)20-12(19)18-6-4-17(5-7-18)10-8-15-11(14)16-9-10;1-9(2,3)14-7(11)13-8(12)15-10(4,5)6;9-8-11-5-7(6-12-8)13-3-1-10-2-4-13/h8-9H,4-7H2,1-3H3,(H2,14,15,16);1-6H3;5-6,10H,1-4H2,(H2,9,11,12). The predicted octanol–water partition coefficient (Wildman–Crippen LogP) is 3.46. The van der Waals surface area contributed by atoms with Crippen molar-refractivity contribution in [3.05, 3.63) is 24.8 Å². The minimum Gasteiger partial charge on any atom is -0.444 e. The van der Waals surface area contributed by atoms with Gasteiger partial charge in [-0.15, -0.1) is 0 Å². The van der Waals surface area contributed by atoms with Crippen LogP contribution in [0.2, 0.25) is 0 Å². The van der Waals surface area contributed by atoms with Crippen LogP contribution in [0.4, 0.5) is 37.7 Å². The van der Waals surface area contributed by atoms with Gasteiger partial charge in [0.1, 0.15) is 16.8 Å². The van der Waals surface area contributed by atoms with Crippen LogP contribution in [0.3, 0.4) is 0 Å². The van der Waals surface area contributed by atoms with Gasteiger partial charge in [0.05, 0.1) is 36.2 Å². The summed E-state index contributed by atoms with van der Waals surface area (Å²) in [6, 6.07) is 0. The number of anilines is 4. The van der Waals surface area contributed by atoms with E-state index in [1.54, 1.807) is 71.2 Å². The number of nitrogens with zero attached hydrogens (tertiary/aromatic N) is 7. The molecular weight excluding hydrogens is 624 g/mol. The van der Waals surface area contributed by atoms with Crippen LogP contribution in [0.1, 0.15) is 62.3 Å². The molecule has 4 rings (SSSR count). The highest BCUT2D eigenvalue weighted by Crippen LogP contribution is 2.17. The molecule has 48 heavy (non-hydrogen) atoms. The quantitative estimate of drug-likeness (QED) is 0.236. The minimum absolute atomic E-state index is 0.259. The van der Waals surface area contributed by atoms with Crippen molar-refractivity contribution in [1.82, 2.24) is 30.2 Å². The Kier molecular flexibility index (Phi) is 14.4. The van der Waals surface area contributed by atoms with Gasteiger partial charge < -0.3 is 50.4 Å². The van der Waals surface area contributed by atoms with Crippen LogP contribution in [0, 0.1) is 0 Å². The first-order valence-corrected chi connectivity index (χ1v) is 15.7. The van der Waals surface area contributed by atoms with E-state index < -0.39 is 29.1 Å². The monoisotopic (exact) mass is 676 g/mol. The number of rotatable bonds is 2. The highest BCUT2D eigenvalue weighted by molar-refractivity contribution is 5.77. The van der Waals surface area contributed by atoms with Crippen molar-refractivity contribution in [1.29, 1.82) is 0 Å². The molecule has 1 amide bonds. The summed E-state index contributed by atoms with van der Waals surface area (Å²) in [6.07, 6.45) is 4.57. The Labute approximate surface area is 282 Å². The van der Waals surface area contributed by atoms with E-state index >= 15 is 0 Å². The molecule has 17 heteroatoms. The highest BCUT2D eigenvalue weighted by atomic mass is 16.8. The molecule has 0 unspecified atom stereocenters. The Morgan fingerprint density at radius 3 is 1.31 bits per heavy atom. The molecule has 0 atom stereocenters. The maximum atomic E-state index is 11.9. The van der Waals surface area contributed by atoms with E-state index in [9.17, 15) is 14.4 Å². The Morgan fingerprint density at radius 2 is 0.958 bits per heavy atom. The molecule has 4 heterocycles. The summed E-state index contributed by atoms with van der Waals surface area (Å²) >= 11 is 0. The first-order chi connectivity index (χ1) is 22.2. The zero-order chi connectivity index (χ0) is 36.1. The molecule has 2 aromatic heterocycles. The number of ether oxygens (including phenoxy) is 4. The summed E-state index contributed by atoms with van der Waals surface area (Å²) in [7, 11) is 0. The number of nitrogens with one attached hydrogen (secondary N) is 1. The molecule has 0 spiro atoms. The van der Waals surface area contributed by atoms with Crippen molar-refractivity contribution < 1.29 is 33.3 Å². The topological polar surface area (TPSA) is 213 Å². The van der Waals surface area contributed by atoms with E-state index in [-0.39, 0.29) is 12.0 Å². The first-order valence-electron chi connectivity index (χ1n) is 15.7. The fraction of sp³-hybridized carbons (Fsp3) is 0.645. The normalized spacial score (nSPS) is 15.1. The Balaban J connectivity index is 0.000000257. The van der Waals surface area contributed by atoms with E-state index in [4.69, 9.17) is 25.7 Å². The van der Waals surface area contributed by atoms with Gasteiger partial charge in [-0.25, -0.2) is 34.3 Å². The zero-order valence-corrected chi connectivity index (χ0v) is 29.6. The lowest BCUT2D eigenvalue weighted by Crippen LogP contribution is -2.50. The van der Waals surface area contributed by atoms with Crippen LogP contribution in [0.25, 0.3) is 0 Å². The van der Waals surface area contributed by atoms with Crippen LogP contribution in [0.5, 0.6) is 0 Å². The largest absolute Gasteiger partial charge is 0.519 e. The second kappa shape index (κ2) is 17.5. The third kappa shape index (κ3) is 16.2. The molecule has 0 aliphatic carbocycles. The molecule has 268 valence electrons. The molecule has 2 aliphatic heterocycles. The van der Waals surface area contributed by atoms with Gasteiger partial charge in [-0.2, -0.15) is 0 Å². The molecule has 0 radical (unpaired) electrons. The van der Waals surface area contributed by atoms with Gasteiger partial charge in [0.2, 0.25) is 11.9 Å². The third-order valence-corrected chi connectivity index (χ3v) is 6.04. The lowest BCUT2D eigenvalue weighted by Gasteiger charge is -2.36. The zero-order valence-electron chi connectivity index (χ0n) is 29.6. The number of hydrogen-bond donors (Lipinski definition) is 3. The van der Waals surface area contributed by atoms with Gasteiger partial charge >= 0.3 is 18.4 Å². The van der Waals surface area contributed by atoms with Crippen LogP contribution in [0.15, 0.2) is 24.8 Å². The number of nitrogens with two attached hydrogens (primary N) is 2. The molecular formula is C31H52N10O7. The predicted molar refractivity (Wildman–Crippen MR) is 182 cm³/mol. The minimum atomic E-state index is -1.06. The van der Waals surface area contributed by atoms with Gasteiger partial charge in [0.15, 0.2) is 0 Å². The lowest BCUT2D eigenvalue weighted by molar-refractivity contribution is -0.0294. The van der Waals surface area contributed by atoms with Crippen LogP contribution in [-0.4, -0.2) is 112 Å². The Hall–Kier alpha value is -4.67. The van der Waals surface area contributed by atoms with E-state index in [2.05, 4.69) is 39.8 Å². The highest BCUT2D eigenvalue weighted by Gasteiger charge is 2.26. The molecule has 0 bridgehead atoms. The molecule has 2 aliphatic rings. The van der Waals surface area contributed by atoms with E-state index in [1.807, 2.05) is 20.8 Å². The molecule has 2 aromatic rings. The van der Waals surface area contributed by atoms with Crippen LogP contribution in [-0.2, 0) is 18.9 Å². The van der Waals surface area contributed by atoms with Gasteiger partial charge in [0, 0.05) is 52.4 Å². The number of piperazine rings is 2.